The van der Waals surface area contributed by atoms with Gasteiger partial charge in [0.05, 0.1) is 18.9 Å². The largest absolute Gasteiger partial charge is 0.493 e. The van der Waals surface area contributed by atoms with E-state index in [1.165, 1.54) is 13.3 Å². The summed E-state index contributed by atoms with van der Waals surface area (Å²) in [5.74, 6) is -1.72. The van der Waals surface area contributed by atoms with Crippen molar-refractivity contribution in [3.63, 3.8) is 0 Å². The van der Waals surface area contributed by atoms with Gasteiger partial charge in [-0.1, -0.05) is 36.4 Å². The minimum absolute atomic E-state index is 0.236. The van der Waals surface area contributed by atoms with Crippen molar-refractivity contribution >= 4 is 29.7 Å². The molecule has 2 amide bonds. The van der Waals surface area contributed by atoms with Gasteiger partial charge >= 0.3 is 17.8 Å². The number of benzene rings is 3. The van der Waals surface area contributed by atoms with Gasteiger partial charge in [-0.2, -0.15) is 5.10 Å². The lowest BCUT2D eigenvalue weighted by Gasteiger charge is -2.10. The number of rotatable bonds is 6. The number of anilines is 1. The molecular formula is C24H21N3O5. The van der Waals surface area contributed by atoms with Gasteiger partial charge < -0.3 is 14.8 Å². The average molecular weight is 431 g/mol. The van der Waals surface area contributed by atoms with E-state index in [9.17, 15) is 14.4 Å². The molecule has 0 radical (unpaired) electrons. The Hall–Kier alpha value is -4.46. The van der Waals surface area contributed by atoms with Crippen molar-refractivity contribution in [2.24, 2.45) is 5.10 Å². The van der Waals surface area contributed by atoms with E-state index in [2.05, 4.69) is 15.8 Å². The summed E-state index contributed by atoms with van der Waals surface area (Å²) in [5.41, 5.74) is 4.51. The van der Waals surface area contributed by atoms with Gasteiger partial charge in [0.1, 0.15) is 0 Å². The van der Waals surface area contributed by atoms with Crippen LogP contribution in [0.4, 0.5) is 5.69 Å². The zero-order chi connectivity index (χ0) is 22.9. The maximum absolute atomic E-state index is 12.2. The smallest absolute Gasteiger partial charge is 0.343 e. The Bertz CT molecular complexity index is 1160. The Balaban J connectivity index is 1.61. The number of esters is 1. The third kappa shape index (κ3) is 5.79. The fourth-order valence-electron chi connectivity index (χ4n) is 2.69. The van der Waals surface area contributed by atoms with Gasteiger partial charge in [-0.25, -0.2) is 10.2 Å². The van der Waals surface area contributed by atoms with Gasteiger partial charge in [-0.3, -0.25) is 9.59 Å². The van der Waals surface area contributed by atoms with Crippen LogP contribution in [0.2, 0.25) is 0 Å². The topological polar surface area (TPSA) is 106 Å². The number of ether oxygens (including phenoxy) is 2. The Labute approximate surface area is 184 Å². The molecule has 0 heterocycles. The van der Waals surface area contributed by atoms with E-state index < -0.39 is 17.8 Å². The number of methoxy groups -OCH3 is 1. The normalized spacial score (nSPS) is 10.4. The monoisotopic (exact) mass is 431 g/mol. The Morgan fingerprint density at radius 2 is 1.59 bits per heavy atom. The summed E-state index contributed by atoms with van der Waals surface area (Å²) >= 11 is 0. The molecule has 0 aliphatic rings. The number of hydrogen-bond donors (Lipinski definition) is 2. The van der Waals surface area contributed by atoms with Crippen molar-refractivity contribution in [1.82, 2.24) is 5.43 Å². The van der Waals surface area contributed by atoms with Gasteiger partial charge in [0, 0.05) is 5.69 Å². The van der Waals surface area contributed by atoms with Gasteiger partial charge in [-0.05, 0) is 54.4 Å². The Morgan fingerprint density at radius 1 is 0.875 bits per heavy atom. The number of aryl methyl sites for hydroxylation is 1. The Kier molecular flexibility index (Phi) is 7.32. The number of nitrogens with zero attached hydrogens (tertiary/aromatic N) is 1. The maximum atomic E-state index is 12.2. The molecule has 3 aromatic rings. The summed E-state index contributed by atoms with van der Waals surface area (Å²) in [6, 6.07) is 20.4. The number of nitrogens with one attached hydrogen (secondary N) is 2. The lowest BCUT2D eigenvalue weighted by atomic mass is 10.2. The standard InChI is InChI=1S/C24H21N3O5/c1-16-8-6-7-11-19(16)26-22(28)23(29)27-25-15-17-12-13-20(21(14-17)31-2)32-24(30)18-9-4-3-5-10-18/h3-15H,1-2H3,(H,26,28)(H,27,29)/b25-15+. The molecule has 0 atom stereocenters. The summed E-state index contributed by atoms with van der Waals surface area (Å²) in [6.07, 6.45) is 1.34. The van der Waals surface area contributed by atoms with Crippen molar-refractivity contribution in [2.75, 3.05) is 12.4 Å². The van der Waals surface area contributed by atoms with E-state index in [0.29, 0.717) is 22.6 Å². The van der Waals surface area contributed by atoms with E-state index in [1.54, 1.807) is 60.7 Å². The third-order valence-corrected chi connectivity index (χ3v) is 4.38. The average Bonchev–Trinajstić information content (AvgIpc) is 2.81. The first kappa shape index (κ1) is 22.2. The van der Waals surface area contributed by atoms with Crippen LogP contribution in [0.15, 0.2) is 77.9 Å². The molecule has 0 aromatic heterocycles. The fourth-order valence-corrected chi connectivity index (χ4v) is 2.69. The summed E-state index contributed by atoms with van der Waals surface area (Å²) in [7, 11) is 1.44. The highest BCUT2D eigenvalue weighted by Crippen LogP contribution is 2.28. The summed E-state index contributed by atoms with van der Waals surface area (Å²) < 4.78 is 10.7. The van der Waals surface area contributed by atoms with Crippen molar-refractivity contribution < 1.29 is 23.9 Å². The molecule has 0 saturated carbocycles. The number of amides is 2. The molecule has 0 spiro atoms. The van der Waals surface area contributed by atoms with Crippen molar-refractivity contribution in [1.29, 1.82) is 0 Å². The highest BCUT2D eigenvalue weighted by Gasteiger charge is 2.14. The van der Waals surface area contributed by atoms with Crippen molar-refractivity contribution in [3.8, 4) is 11.5 Å². The first-order valence-electron chi connectivity index (χ1n) is 9.63. The molecule has 3 rings (SSSR count). The van der Waals surface area contributed by atoms with E-state index in [0.717, 1.165) is 5.56 Å². The van der Waals surface area contributed by atoms with Gasteiger partial charge in [0.2, 0.25) is 0 Å². The highest BCUT2D eigenvalue weighted by atomic mass is 16.6. The quantitative estimate of drug-likeness (QED) is 0.205. The van der Waals surface area contributed by atoms with Crippen LogP contribution in [0.3, 0.4) is 0 Å². The molecule has 0 unspecified atom stereocenters. The van der Waals surface area contributed by atoms with Crippen LogP contribution in [0.5, 0.6) is 11.5 Å². The van der Waals surface area contributed by atoms with Crippen LogP contribution < -0.4 is 20.2 Å². The number of carbonyl (C=O) groups excluding carboxylic acids is 3. The van der Waals surface area contributed by atoms with Crippen LogP contribution in [0, 0.1) is 6.92 Å². The molecule has 2 N–H and O–H groups in total. The van der Waals surface area contributed by atoms with E-state index in [-0.39, 0.29) is 5.75 Å². The van der Waals surface area contributed by atoms with Gasteiger partial charge in [0.15, 0.2) is 11.5 Å². The zero-order valence-corrected chi connectivity index (χ0v) is 17.5. The first-order valence-corrected chi connectivity index (χ1v) is 9.63. The SMILES string of the molecule is COc1cc(/C=N/NC(=O)C(=O)Nc2ccccc2C)ccc1OC(=O)c1ccccc1. The molecular weight excluding hydrogens is 410 g/mol. The predicted octanol–water partition coefficient (Wildman–Crippen LogP) is 3.31. The molecule has 162 valence electrons. The van der Waals surface area contributed by atoms with Gasteiger partial charge in [-0.15, -0.1) is 0 Å². The molecule has 0 aliphatic heterocycles. The molecule has 0 bridgehead atoms. The van der Waals surface area contributed by atoms with E-state index in [1.807, 2.05) is 19.1 Å². The van der Waals surface area contributed by atoms with Crippen LogP contribution in [-0.4, -0.2) is 31.1 Å². The molecule has 8 heteroatoms. The highest BCUT2D eigenvalue weighted by molar-refractivity contribution is 6.39. The van der Waals surface area contributed by atoms with Crippen molar-refractivity contribution in [2.45, 2.75) is 6.92 Å². The summed E-state index contributed by atoms with van der Waals surface area (Å²) in [5, 5.41) is 6.31. The summed E-state index contributed by atoms with van der Waals surface area (Å²) in [4.78, 5) is 36.2. The van der Waals surface area contributed by atoms with Crippen molar-refractivity contribution in [3.05, 3.63) is 89.5 Å². The van der Waals surface area contributed by atoms with E-state index >= 15 is 0 Å². The molecule has 3 aromatic carbocycles. The Morgan fingerprint density at radius 3 is 2.31 bits per heavy atom. The lowest BCUT2D eigenvalue weighted by molar-refractivity contribution is -0.136. The number of hydrazone groups is 1. The second-order valence-electron chi connectivity index (χ2n) is 6.63. The van der Waals surface area contributed by atoms with Crippen LogP contribution in [0.25, 0.3) is 0 Å². The second kappa shape index (κ2) is 10.5. The molecule has 0 aliphatic carbocycles. The molecule has 0 saturated heterocycles. The predicted molar refractivity (Wildman–Crippen MR) is 120 cm³/mol. The molecule has 8 nitrogen and oxygen atoms in total. The third-order valence-electron chi connectivity index (χ3n) is 4.38. The van der Waals surface area contributed by atoms with Crippen LogP contribution in [0.1, 0.15) is 21.5 Å². The summed E-state index contributed by atoms with van der Waals surface area (Å²) in [6.45, 7) is 1.82. The number of para-hydroxylation sites is 1. The number of carbonyl (C=O) groups is 3. The second-order valence-corrected chi connectivity index (χ2v) is 6.63. The fraction of sp³-hybridized carbons (Fsp3) is 0.0833. The van der Waals surface area contributed by atoms with Crippen LogP contribution in [-0.2, 0) is 9.59 Å². The maximum Gasteiger partial charge on any atom is 0.343 e. The minimum atomic E-state index is -0.912. The zero-order valence-electron chi connectivity index (χ0n) is 17.5. The first-order chi connectivity index (χ1) is 15.5. The van der Waals surface area contributed by atoms with E-state index in [4.69, 9.17) is 9.47 Å². The van der Waals surface area contributed by atoms with Crippen LogP contribution >= 0.6 is 0 Å². The number of hydrogen-bond acceptors (Lipinski definition) is 6. The van der Waals surface area contributed by atoms with Gasteiger partial charge in [0.25, 0.3) is 0 Å². The molecule has 32 heavy (non-hydrogen) atoms. The minimum Gasteiger partial charge on any atom is -0.493 e. The lowest BCUT2D eigenvalue weighted by Crippen LogP contribution is -2.32. The molecule has 0 fully saturated rings.